The van der Waals surface area contributed by atoms with E-state index in [1.54, 1.807) is 0 Å². The fraction of sp³-hybridized carbons (Fsp3) is 0.923. The molecule has 2 N–H and O–H groups in total. The number of nitrogens with zero attached hydrogens (tertiary/aromatic N) is 1. The Kier molecular flexibility index (Phi) is 2.02. The summed E-state index contributed by atoms with van der Waals surface area (Å²) < 4.78 is 0. The van der Waals surface area contributed by atoms with E-state index in [1.165, 1.54) is 25.7 Å². The van der Waals surface area contributed by atoms with Crippen molar-refractivity contribution in [1.82, 2.24) is 15.5 Å². The lowest BCUT2D eigenvalue weighted by molar-refractivity contribution is 0.0367. The average Bonchev–Trinajstić information content (AvgIpc) is 2.80. The van der Waals surface area contributed by atoms with Crippen molar-refractivity contribution < 1.29 is 4.79 Å². The predicted octanol–water partition coefficient (Wildman–Crippen LogP) is 0.790. The van der Waals surface area contributed by atoms with Crippen LogP contribution in [0, 0.1) is 17.3 Å². The van der Waals surface area contributed by atoms with Crippen molar-refractivity contribution in [2.24, 2.45) is 17.3 Å². The van der Waals surface area contributed by atoms with E-state index in [0.717, 1.165) is 38.0 Å². The third-order valence-corrected chi connectivity index (χ3v) is 5.39. The van der Waals surface area contributed by atoms with Gasteiger partial charge in [0.1, 0.15) is 0 Å². The molecule has 2 saturated carbocycles. The van der Waals surface area contributed by atoms with Crippen LogP contribution in [0.25, 0.3) is 0 Å². The van der Waals surface area contributed by atoms with Crippen molar-refractivity contribution in [3.8, 4) is 0 Å². The molecule has 0 aromatic heterocycles. The number of likely N-dealkylation sites (tertiary alicyclic amines) is 1. The first-order valence-corrected chi connectivity index (χ1v) is 7.04. The van der Waals surface area contributed by atoms with E-state index < -0.39 is 0 Å². The number of urea groups is 1. The molecule has 4 fully saturated rings. The van der Waals surface area contributed by atoms with Crippen molar-refractivity contribution in [1.29, 1.82) is 0 Å². The maximum Gasteiger partial charge on any atom is 0.317 e. The Morgan fingerprint density at radius 1 is 1.18 bits per heavy atom. The average molecular weight is 235 g/mol. The zero-order chi connectivity index (χ0) is 11.5. The first-order valence-electron chi connectivity index (χ1n) is 7.04. The SMILES string of the molecule is O=C(NC1C2CNCC21)N1CC2(CCCC2)C1. The van der Waals surface area contributed by atoms with E-state index >= 15 is 0 Å². The molecule has 17 heavy (non-hydrogen) atoms. The maximum atomic E-state index is 12.0. The molecule has 4 aliphatic rings. The molecule has 1 spiro atoms. The summed E-state index contributed by atoms with van der Waals surface area (Å²) in [5.74, 6) is 1.45. The second kappa shape index (κ2) is 3.37. The van der Waals surface area contributed by atoms with Crippen LogP contribution in [0.3, 0.4) is 0 Å². The second-order valence-corrected chi connectivity index (χ2v) is 6.52. The van der Waals surface area contributed by atoms with Gasteiger partial charge >= 0.3 is 6.03 Å². The van der Waals surface area contributed by atoms with Gasteiger partial charge in [0.25, 0.3) is 0 Å². The fourth-order valence-corrected chi connectivity index (χ4v) is 4.21. The molecule has 4 nitrogen and oxygen atoms in total. The normalized spacial score (nSPS) is 41.2. The Hall–Kier alpha value is -0.770. The molecule has 2 unspecified atom stereocenters. The molecule has 4 heteroatoms. The Morgan fingerprint density at radius 3 is 2.47 bits per heavy atom. The third kappa shape index (κ3) is 1.49. The second-order valence-electron chi connectivity index (χ2n) is 6.52. The Bertz CT molecular complexity index is 333. The van der Waals surface area contributed by atoms with Gasteiger partial charge in [0.05, 0.1) is 0 Å². The van der Waals surface area contributed by atoms with E-state index in [0.29, 0.717) is 11.5 Å². The van der Waals surface area contributed by atoms with Crippen molar-refractivity contribution in [2.45, 2.75) is 31.7 Å². The lowest BCUT2D eigenvalue weighted by atomic mass is 9.78. The summed E-state index contributed by atoms with van der Waals surface area (Å²) >= 11 is 0. The number of hydrogen-bond donors (Lipinski definition) is 2. The minimum absolute atomic E-state index is 0.196. The van der Waals surface area contributed by atoms with Crippen LogP contribution < -0.4 is 10.6 Å². The molecule has 2 amide bonds. The summed E-state index contributed by atoms with van der Waals surface area (Å²) in [7, 11) is 0. The number of rotatable bonds is 1. The highest BCUT2D eigenvalue weighted by Gasteiger charge is 2.55. The van der Waals surface area contributed by atoms with Gasteiger partial charge in [-0.15, -0.1) is 0 Å². The number of amides is 2. The highest BCUT2D eigenvalue weighted by atomic mass is 16.2. The van der Waals surface area contributed by atoms with Gasteiger partial charge in [-0.25, -0.2) is 4.79 Å². The van der Waals surface area contributed by atoms with Crippen LogP contribution >= 0.6 is 0 Å². The molecule has 2 aliphatic heterocycles. The van der Waals surface area contributed by atoms with Gasteiger partial charge in [0.2, 0.25) is 0 Å². The molecule has 4 rings (SSSR count). The summed E-state index contributed by atoms with van der Waals surface area (Å²) in [5, 5.41) is 6.57. The number of carbonyl (C=O) groups excluding carboxylic acids is 1. The van der Waals surface area contributed by atoms with Gasteiger partial charge in [-0.05, 0) is 24.7 Å². The maximum absolute atomic E-state index is 12.0. The molecule has 0 radical (unpaired) electrons. The molecule has 2 saturated heterocycles. The molecule has 2 atom stereocenters. The molecule has 0 bridgehead atoms. The first-order chi connectivity index (χ1) is 8.27. The van der Waals surface area contributed by atoms with Gasteiger partial charge in [-0.3, -0.25) is 0 Å². The Balaban J connectivity index is 1.28. The topological polar surface area (TPSA) is 44.4 Å². The van der Waals surface area contributed by atoms with Crippen molar-refractivity contribution in [2.75, 3.05) is 26.2 Å². The van der Waals surface area contributed by atoms with Gasteiger partial charge in [0, 0.05) is 37.6 Å². The van der Waals surface area contributed by atoms with E-state index in [4.69, 9.17) is 0 Å². The van der Waals surface area contributed by atoms with Crippen molar-refractivity contribution >= 4 is 6.03 Å². The van der Waals surface area contributed by atoms with E-state index in [2.05, 4.69) is 10.6 Å². The number of fused-ring (bicyclic) bond motifs is 1. The zero-order valence-electron chi connectivity index (χ0n) is 10.2. The molecule has 0 aromatic carbocycles. The monoisotopic (exact) mass is 235 g/mol. The van der Waals surface area contributed by atoms with Crippen molar-refractivity contribution in [3.05, 3.63) is 0 Å². The zero-order valence-corrected chi connectivity index (χ0v) is 10.2. The first kappa shape index (κ1) is 10.2. The molecule has 94 valence electrons. The summed E-state index contributed by atoms with van der Waals surface area (Å²) in [4.78, 5) is 14.1. The Morgan fingerprint density at radius 2 is 1.82 bits per heavy atom. The smallest absolute Gasteiger partial charge is 0.317 e. The molecule has 0 aromatic rings. The molecule has 2 aliphatic carbocycles. The standard InChI is InChI=1S/C13H21N3O/c17-12(15-11-9-5-14-6-10(9)11)16-7-13(8-16)3-1-2-4-13/h9-11,14H,1-8H2,(H,15,17). The third-order valence-electron chi connectivity index (χ3n) is 5.39. The molecular formula is C13H21N3O. The highest BCUT2D eigenvalue weighted by molar-refractivity contribution is 5.76. The summed E-state index contributed by atoms with van der Waals surface area (Å²) in [5.41, 5.74) is 0.526. The quantitative estimate of drug-likeness (QED) is 0.706. The molecule has 2 heterocycles. The number of hydrogen-bond acceptors (Lipinski definition) is 2. The van der Waals surface area contributed by atoms with E-state index in [1.807, 2.05) is 4.90 Å². The summed E-state index contributed by atoms with van der Waals surface area (Å²) in [6.07, 6.45) is 5.42. The predicted molar refractivity (Wildman–Crippen MR) is 64.6 cm³/mol. The van der Waals surface area contributed by atoms with Gasteiger partial charge in [-0.2, -0.15) is 0 Å². The summed E-state index contributed by atoms with van der Waals surface area (Å²) in [6.45, 7) is 4.22. The minimum Gasteiger partial charge on any atom is -0.335 e. The van der Waals surface area contributed by atoms with Gasteiger partial charge in [0.15, 0.2) is 0 Å². The van der Waals surface area contributed by atoms with Crippen LogP contribution in [0.4, 0.5) is 4.79 Å². The minimum atomic E-state index is 0.196. The highest BCUT2D eigenvalue weighted by Crippen LogP contribution is 2.46. The van der Waals surface area contributed by atoms with Crippen LogP contribution in [-0.4, -0.2) is 43.2 Å². The van der Waals surface area contributed by atoms with Crippen LogP contribution in [0.2, 0.25) is 0 Å². The van der Waals surface area contributed by atoms with E-state index in [-0.39, 0.29) is 6.03 Å². The van der Waals surface area contributed by atoms with Crippen molar-refractivity contribution in [3.63, 3.8) is 0 Å². The number of nitrogens with one attached hydrogen (secondary N) is 2. The Labute approximate surface area is 102 Å². The number of piperidine rings is 1. The largest absolute Gasteiger partial charge is 0.335 e. The number of carbonyl (C=O) groups is 1. The fourth-order valence-electron chi connectivity index (χ4n) is 4.21. The van der Waals surface area contributed by atoms with Crippen LogP contribution in [0.5, 0.6) is 0 Å². The van der Waals surface area contributed by atoms with Gasteiger partial charge < -0.3 is 15.5 Å². The lowest BCUT2D eigenvalue weighted by Crippen LogP contribution is -2.60. The molecular weight excluding hydrogens is 214 g/mol. The van der Waals surface area contributed by atoms with Crippen LogP contribution in [0.15, 0.2) is 0 Å². The lowest BCUT2D eigenvalue weighted by Gasteiger charge is -2.48. The van der Waals surface area contributed by atoms with Crippen LogP contribution in [-0.2, 0) is 0 Å². The van der Waals surface area contributed by atoms with E-state index in [9.17, 15) is 4.79 Å². The summed E-state index contributed by atoms with van der Waals surface area (Å²) in [6, 6.07) is 0.672. The van der Waals surface area contributed by atoms with Gasteiger partial charge in [-0.1, -0.05) is 12.8 Å². The van der Waals surface area contributed by atoms with Crippen LogP contribution in [0.1, 0.15) is 25.7 Å².